The Morgan fingerprint density at radius 2 is 2.17 bits per heavy atom. The first-order valence-electron chi connectivity index (χ1n) is 5.12. The van der Waals surface area contributed by atoms with Gasteiger partial charge >= 0.3 is 0 Å². The minimum Gasteiger partial charge on any atom is -0.267 e. The molecule has 0 unspecified atom stereocenters. The molecular formula is C10H21N2+. The number of rotatable bonds is 5. The fourth-order valence-electron chi connectivity index (χ4n) is 1.59. The molecule has 2 heteroatoms. The summed E-state index contributed by atoms with van der Waals surface area (Å²) in [7, 11) is 2.14. The van der Waals surface area contributed by atoms with Gasteiger partial charge in [0.1, 0.15) is 13.1 Å². The molecule has 1 heterocycles. The summed E-state index contributed by atoms with van der Waals surface area (Å²) in [5.41, 5.74) is 0. The summed E-state index contributed by atoms with van der Waals surface area (Å²) in [5, 5.41) is 0. The van der Waals surface area contributed by atoms with Crippen LogP contribution in [0.1, 0.15) is 32.6 Å². The lowest BCUT2D eigenvalue weighted by molar-refractivity contribution is -0.482. The van der Waals surface area contributed by atoms with Crippen LogP contribution in [0.25, 0.3) is 0 Å². The van der Waals surface area contributed by atoms with Crippen LogP contribution >= 0.6 is 0 Å². The normalized spacial score (nSPS) is 16.8. The molecule has 0 spiro atoms. The van der Waals surface area contributed by atoms with E-state index in [1.807, 2.05) is 0 Å². The number of hydrogen-bond donors (Lipinski definition) is 0. The molecule has 0 amide bonds. The maximum Gasteiger partial charge on any atom is 0.234 e. The fraction of sp³-hybridized carbons (Fsp3) is 0.900. The number of hydrogen-bond acceptors (Lipinski definition) is 1. The van der Waals surface area contributed by atoms with Gasteiger partial charge in [0.15, 0.2) is 0 Å². The van der Waals surface area contributed by atoms with E-state index in [0.717, 1.165) is 0 Å². The van der Waals surface area contributed by atoms with Gasteiger partial charge in [0.05, 0.1) is 13.6 Å². The number of likely N-dealkylation sites (N-methyl/N-ethyl adjacent to an activating group) is 1. The highest BCUT2D eigenvalue weighted by atomic mass is 15.2. The fourth-order valence-corrected chi connectivity index (χ4v) is 1.59. The molecule has 0 aromatic rings. The van der Waals surface area contributed by atoms with E-state index in [0.29, 0.717) is 0 Å². The van der Waals surface area contributed by atoms with Crippen molar-refractivity contribution in [2.24, 2.45) is 0 Å². The zero-order valence-corrected chi connectivity index (χ0v) is 8.42. The van der Waals surface area contributed by atoms with Crippen LogP contribution in [0.3, 0.4) is 0 Å². The van der Waals surface area contributed by atoms with Crippen LogP contribution in [0.2, 0.25) is 0 Å². The van der Waals surface area contributed by atoms with Gasteiger partial charge in [-0.1, -0.05) is 19.8 Å². The van der Waals surface area contributed by atoms with Crippen LogP contribution < -0.4 is 0 Å². The quantitative estimate of drug-likeness (QED) is 0.447. The third kappa shape index (κ3) is 3.24. The monoisotopic (exact) mass is 169 g/mol. The third-order valence-corrected chi connectivity index (χ3v) is 2.40. The molecule has 0 saturated heterocycles. The van der Waals surface area contributed by atoms with Gasteiger partial charge in [0, 0.05) is 0 Å². The Morgan fingerprint density at radius 1 is 1.33 bits per heavy atom. The Hall–Kier alpha value is -0.530. The molecule has 2 nitrogen and oxygen atoms in total. The molecule has 1 rings (SSSR count). The Balaban J connectivity index is 2.01. The van der Waals surface area contributed by atoms with Crippen molar-refractivity contribution in [1.82, 2.24) is 4.90 Å². The van der Waals surface area contributed by atoms with Crippen LogP contribution in [0.4, 0.5) is 0 Å². The first-order valence-corrected chi connectivity index (χ1v) is 5.12. The van der Waals surface area contributed by atoms with Crippen molar-refractivity contribution in [3.8, 4) is 0 Å². The van der Waals surface area contributed by atoms with E-state index < -0.39 is 0 Å². The summed E-state index contributed by atoms with van der Waals surface area (Å²) in [6.45, 7) is 5.94. The molecule has 0 fully saturated rings. The van der Waals surface area contributed by atoms with Crippen LogP contribution in [0.5, 0.6) is 0 Å². The number of nitrogens with zero attached hydrogens (tertiary/aromatic N) is 2. The Morgan fingerprint density at radius 3 is 2.75 bits per heavy atom. The van der Waals surface area contributed by atoms with Crippen LogP contribution in [-0.2, 0) is 0 Å². The molecule has 0 N–H and O–H groups in total. The predicted octanol–water partition coefficient (Wildman–Crippen LogP) is 1.55. The lowest BCUT2D eigenvalue weighted by Crippen LogP contribution is -2.20. The summed E-state index contributed by atoms with van der Waals surface area (Å²) in [5.74, 6) is 0. The van der Waals surface area contributed by atoms with Crippen LogP contribution in [0.15, 0.2) is 0 Å². The highest BCUT2D eigenvalue weighted by molar-refractivity contribution is 5.50. The summed E-state index contributed by atoms with van der Waals surface area (Å²) >= 11 is 0. The Kier molecular flexibility index (Phi) is 4.12. The second-order valence-electron chi connectivity index (χ2n) is 3.69. The first kappa shape index (κ1) is 9.56. The molecule has 0 aromatic heterocycles. The van der Waals surface area contributed by atoms with Gasteiger partial charge in [0.25, 0.3) is 0 Å². The highest BCUT2D eigenvalue weighted by Crippen LogP contribution is 2.01. The average Bonchev–Trinajstić information content (AvgIpc) is 2.45. The van der Waals surface area contributed by atoms with E-state index in [9.17, 15) is 0 Å². The van der Waals surface area contributed by atoms with E-state index in [-0.39, 0.29) is 0 Å². The van der Waals surface area contributed by atoms with Gasteiger partial charge in [-0.25, -0.2) is 0 Å². The predicted molar refractivity (Wildman–Crippen MR) is 52.8 cm³/mol. The Labute approximate surface area is 75.9 Å². The minimum absolute atomic E-state index is 1.20. The third-order valence-electron chi connectivity index (χ3n) is 2.40. The van der Waals surface area contributed by atoms with E-state index >= 15 is 0 Å². The topological polar surface area (TPSA) is 6.25 Å². The molecule has 0 atom stereocenters. The second kappa shape index (κ2) is 5.18. The van der Waals surface area contributed by atoms with Crippen molar-refractivity contribution in [1.29, 1.82) is 0 Å². The molecular weight excluding hydrogens is 148 g/mol. The SMILES string of the molecule is CCCCCCN1C=[N+](C)CC1. The van der Waals surface area contributed by atoms with Crippen molar-refractivity contribution in [2.45, 2.75) is 32.6 Å². The van der Waals surface area contributed by atoms with Crippen molar-refractivity contribution in [3.05, 3.63) is 0 Å². The molecule has 1 aliphatic rings. The van der Waals surface area contributed by atoms with E-state index in [4.69, 9.17) is 0 Å². The van der Waals surface area contributed by atoms with Crippen molar-refractivity contribution >= 4 is 6.34 Å². The van der Waals surface area contributed by atoms with E-state index in [1.165, 1.54) is 45.3 Å². The second-order valence-corrected chi connectivity index (χ2v) is 3.69. The van der Waals surface area contributed by atoms with Crippen molar-refractivity contribution in [2.75, 3.05) is 26.7 Å². The van der Waals surface area contributed by atoms with E-state index in [1.54, 1.807) is 0 Å². The van der Waals surface area contributed by atoms with Gasteiger partial charge in [0.2, 0.25) is 6.34 Å². The summed E-state index contributed by atoms with van der Waals surface area (Å²) in [6.07, 6.45) is 7.72. The summed E-state index contributed by atoms with van der Waals surface area (Å²) < 4.78 is 2.26. The standard InChI is InChI=1S/C10H21N2/c1-3-4-5-6-7-12-9-8-11(2)10-12/h10H,3-9H2,1-2H3/q+1. The molecule has 1 aliphatic heterocycles. The maximum atomic E-state index is 2.43. The molecule has 0 saturated carbocycles. The van der Waals surface area contributed by atoms with Gasteiger partial charge in [-0.2, -0.15) is 0 Å². The number of unbranched alkanes of at least 4 members (excludes halogenated alkanes) is 3. The smallest absolute Gasteiger partial charge is 0.234 e. The van der Waals surface area contributed by atoms with Gasteiger partial charge in [-0.05, 0) is 12.8 Å². The van der Waals surface area contributed by atoms with Crippen molar-refractivity contribution in [3.63, 3.8) is 0 Å². The molecule has 0 radical (unpaired) electrons. The Bertz CT molecular complexity index is 152. The minimum atomic E-state index is 1.20. The van der Waals surface area contributed by atoms with E-state index in [2.05, 4.69) is 29.8 Å². The molecule has 0 aliphatic carbocycles. The van der Waals surface area contributed by atoms with Gasteiger partial charge < -0.3 is 0 Å². The van der Waals surface area contributed by atoms with Crippen LogP contribution in [0, 0.1) is 0 Å². The van der Waals surface area contributed by atoms with Crippen LogP contribution in [-0.4, -0.2) is 42.5 Å². The van der Waals surface area contributed by atoms with Gasteiger partial charge in [-0.3, -0.25) is 9.48 Å². The largest absolute Gasteiger partial charge is 0.267 e. The summed E-state index contributed by atoms with van der Waals surface area (Å²) in [4.78, 5) is 2.43. The van der Waals surface area contributed by atoms with Gasteiger partial charge in [-0.15, -0.1) is 0 Å². The molecule has 12 heavy (non-hydrogen) atoms. The highest BCUT2D eigenvalue weighted by Gasteiger charge is 2.14. The molecule has 0 aromatic carbocycles. The lowest BCUT2D eigenvalue weighted by Gasteiger charge is -2.05. The summed E-state index contributed by atoms with van der Waals surface area (Å²) in [6, 6.07) is 0. The zero-order valence-electron chi connectivity index (χ0n) is 8.42. The average molecular weight is 169 g/mol. The maximum absolute atomic E-state index is 2.43. The first-order chi connectivity index (χ1) is 5.83. The molecule has 0 bridgehead atoms. The van der Waals surface area contributed by atoms with Crippen molar-refractivity contribution < 1.29 is 4.58 Å². The lowest BCUT2D eigenvalue weighted by atomic mass is 10.2. The molecule has 70 valence electrons. The zero-order chi connectivity index (χ0) is 8.81.